The van der Waals surface area contributed by atoms with Crippen molar-refractivity contribution in [3.63, 3.8) is 0 Å². The zero-order chi connectivity index (χ0) is 12.1. The van der Waals surface area contributed by atoms with Crippen molar-refractivity contribution in [2.45, 2.75) is 31.8 Å². The molecule has 17 heavy (non-hydrogen) atoms. The number of benzene rings is 1. The summed E-state index contributed by atoms with van der Waals surface area (Å²) < 4.78 is 5.76. The molecular formula is C13H19ClN2O. The number of ether oxygens (including phenoxy) is 1. The van der Waals surface area contributed by atoms with E-state index in [-0.39, 0.29) is 0 Å². The Morgan fingerprint density at radius 3 is 2.82 bits per heavy atom. The van der Waals surface area contributed by atoms with Gasteiger partial charge in [0.25, 0.3) is 0 Å². The van der Waals surface area contributed by atoms with Gasteiger partial charge >= 0.3 is 0 Å². The van der Waals surface area contributed by atoms with E-state index in [2.05, 4.69) is 5.32 Å². The van der Waals surface area contributed by atoms with Crippen molar-refractivity contribution >= 4 is 23.0 Å². The molecule has 0 amide bonds. The first-order valence-corrected chi connectivity index (χ1v) is 6.54. The van der Waals surface area contributed by atoms with Crippen LogP contribution in [0.5, 0.6) is 0 Å². The maximum absolute atomic E-state index is 6.05. The van der Waals surface area contributed by atoms with Gasteiger partial charge in [0.05, 0.1) is 23.4 Å². The fourth-order valence-electron chi connectivity index (χ4n) is 2.14. The molecule has 1 aromatic carbocycles. The number of hydrogen-bond acceptors (Lipinski definition) is 3. The number of nitrogen functional groups attached to an aromatic ring is 1. The monoisotopic (exact) mass is 254 g/mol. The lowest BCUT2D eigenvalue weighted by Gasteiger charge is -2.13. The van der Waals surface area contributed by atoms with Gasteiger partial charge in [-0.25, -0.2) is 0 Å². The fraction of sp³-hybridized carbons (Fsp3) is 0.538. The molecular weight excluding hydrogens is 236 g/mol. The summed E-state index contributed by atoms with van der Waals surface area (Å²) in [5, 5.41) is 3.91. The summed E-state index contributed by atoms with van der Waals surface area (Å²) in [6.07, 6.45) is 5.51. The average Bonchev–Trinajstić information content (AvgIpc) is 2.79. The van der Waals surface area contributed by atoms with Crippen molar-refractivity contribution < 1.29 is 4.74 Å². The van der Waals surface area contributed by atoms with E-state index in [4.69, 9.17) is 22.1 Å². The molecule has 0 spiro atoms. The fourth-order valence-corrected chi connectivity index (χ4v) is 2.40. The van der Waals surface area contributed by atoms with Crippen LogP contribution in [0.3, 0.4) is 0 Å². The van der Waals surface area contributed by atoms with Crippen LogP contribution >= 0.6 is 11.6 Å². The third-order valence-corrected chi connectivity index (χ3v) is 3.38. The van der Waals surface area contributed by atoms with Crippen molar-refractivity contribution in [2.75, 3.05) is 24.2 Å². The Morgan fingerprint density at radius 2 is 2.12 bits per heavy atom. The average molecular weight is 255 g/mol. The highest BCUT2D eigenvalue weighted by molar-refractivity contribution is 6.33. The topological polar surface area (TPSA) is 47.3 Å². The van der Waals surface area contributed by atoms with Gasteiger partial charge in [0.1, 0.15) is 0 Å². The van der Waals surface area contributed by atoms with Crippen molar-refractivity contribution in [1.29, 1.82) is 0 Å². The van der Waals surface area contributed by atoms with E-state index in [1.807, 2.05) is 12.1 Å². The molecule has 0 radical (unpaired) electrons. The first-order valence-electron chi connectivity index (χ1n) is 6.16. The highest BCUT2D eigenvalue weighted by Gasteiger charge is 2.14. The highest BCUT2D eigenvalue weighted by Crippen LogP contribution is 2.24. The predicted molar refractivity (Wildman–Crippen MR) is 72.6 cm³/mol. The van der Waals surface area contributed by atoms with Crippen LogP contribution in [0.2, 0.25) is 5.02 Å². The quantitative estimate of drug-likeness (QED) is 0.626. The Balaban J connectivity index is 1.70. The van der Waals surface area contributed by atoms with E-state index < -0.39 is 0 Å². The summed E-state index contributed by atoms with van der Waals surface area (Å²) in [5.74, 6) is 0. The van der Waals surface area contributed by atoms with E-state index in [0.29, 0.717) is 16.8 Å². The second-order valence-electron chi connectivity index (χ2n) is 4.44. The van der Waals surface area contributed by atoms with Crippen LogP contribution < -0.4 is 11.1 Å². The number of hydrogen-bond donors (Lipinski definition) is 2. The zero-order valence-electron chi connectivity index (χ0n) is 9.92. The van der Waals surface area contributed by atoms with Crippen LogP contribution in [0.4, 0.5) is 11.4 Å². The van der Waals surface area contributed by atoms with E-state index in [1.54, 1.807) is 6.07 Å². The van der Waals surface area contributed by atoms with Crippen LogP contribution in [0.25, 0.3) is 0 Å². The Kier molecular flexibility index (Phi) is 4.51. The third-order valence-electron chi connectivity index (χ3n) is 3.07. The molecule has 0 saturated heterocycles. The molecule has 2 rings (SSSR count). The minimum absolute atomic E-state index is 0.471. The molecule has 94 valence electrons. The van der Waals surface area contributed by atoms with Crippen molar-refractivity contribution in [3.05, 3.63) is 23.2 Å². The molecule has 3 nitrogen and oxygen atoms in total. The Hall–Kier alpha value is -0.930. The van der Waals surface area contributed by atoms with E-state index in [9.17, 15) is 0 Å². The van der Waals surface area contributed by atoms with Gasteiger partial charge in [-0.3, -0.25) is 0 Å². The zero-order valence-corrected chi connectivity index (χ0v) is 10.7. The second-order valence-corrected chi connectivity index (χ2v) is 4.85. The molecule has 1 fully saturated rings. The molecule has 0 aromatic heterocycles. The standard InChI is InChI=1S/C13H19ClN2O/c14-12-9-10(15)5-6-13(12)16-7-8-17-11-3-1-2-4-11/h5-6,9,11,16H,1-4,7-8,15H2. The number of nitrogens with one attached hydrogen (secondary N) is 1. The Bertz CT molecular complexity index is 364. The van der Waals surface area contributed by atoms with Crippen LogP contribution in [0.1, 0.15) is 25.7 Å². The molecule has 4 heteroatoms. The maximum Gasteiger partial charge on any atom is 0.0657 e. The van der Waals surface area contributed by atoms with E-state index in [1.165, 1.54) is 25.7 Å². The van der Waals surface area contributed by atoms with Gasteiger partial charge in [0, 0.05) is 12.2 Å². The van der Waals surface area contributed by atoms with Gasteiger partial charge in [-0.15, -0.1) is 0 Å². The molecule has 3 N–H and O–H groups in total. The summed E-state index contributed by atoms with van der Waals surface area (Å²) in [5.41, 5.74) is 7.22. The van der Waals surface area contributed by atoms with Crippen LogP contribution in [0, 0.1) is 0 Å². The largest absolute Gasteiger partial charge is 0.399 e. The molecule has 1 aliphatic rings. The molecule has 1 saturated carbocycles. The van der Waals surface area contributed by atoms with Gasteiger partial charge in [-0.05, 0) is 31.0 Å². The summed E-state index contributed by atoms with van der Waals surface area (Å²) >= 11 is 6.05. The van der Waals surface area contributed by atoms with E-state index in [0.717, 1.165) is 18.8 Å². The summed E-state index contributed by atoms with van der Waals surface area (Å²) in [6, 6.07) is 5.49. The van der Waals surface area contributed by atoms with Crippen LogP contribution in [-0.2, 0) is 4.74 Å². The molecule has 0 unspecified atom stereocenters. The van der Waals surface area contributed by atoms with Gasteiger partial charge in [-0.2, -0.15) is 0 Å². The Labute approximate surface area is 107 Å². The minimum atomic E-state index is 0.471. The van der Waals surface area contributed by atoms with Crippen molar-refractivity contribution in [2.24, 2.45) is 0 Å². The lowest BCUT2D eigenvalue weighted by molar-refractivity contribution is 0.0659. The lowest BCUT2D eigenvalue weighted by Crippen LogP contribution is -2.15. The maximum atomic E-state index is 6.05. The summed E-state index contributed by atoms with van der Waals surface area (Å²) in [7, 11) is 0. The van der Waals surface area contributed by atoms with Crippen LogP contribution in [-0.4, -0.2) is 19.3 Å². The summed E-state index contributed by atoms with van der Waals surface area (Å²) in [4.78, 5) is 0. The molecule has 1 aliphatic carbocycles. The van der Waals surface area contributed by atoms with Gasteiger partial charge in [0.15, 0.2) is 0 Å². The number of anilines is 2. The molecule has 0 bridgehead atoms. The first-order chi connectivity index (χ1) is 8.25. The summed E-state index contributed by atoms with van der Waals surface area (Å²) in [6.45, 7) is 1.51. The third kappa shape index (κ3) is 3.79. The lowest BCUT2D eigenvalue weighted by atomic mass is 10.3. The van der Waals surface area contributed by atoms with Gasteiger partial charge in [-0.1, -0.05) is 24.4 Å². The van der Waals surface area contributed by atoms with E-state index >= 15 is 0 Å². The molecule has 1 aromatic rings. The number of rotatable bonds is 5. The smallest absolute Gasteiger partial charge is 0.0657 e. The van der Waals surface area contributed by atoms with Crippen molar-refractivity contribution in [3.8, 4) is 0 Å². The Morgan fingerprint density at radius 1 is 1.35 bits per heavy atom. The molecule has 0 heterocycles. The molecule has 0 atom stereocenters. The highest BCUT2D eigenvalue weighted by atomic mass is 35.5. The number of halogens is 1. The van der Waals surface area contributed by atoms with Gasteiger partial charge < -0.3 is 15.8 Å². The normalized spacial score (nSPS) is 16.3. The number of nitrogens with two attached hydrogens (primary N) is 1. The SMILES string of the molecule is Nc1ccc(NCCOC2CCCC2)c(Cl)c1. The second kappa shape index (κ2) is 6.12. The van der Waals surface area contributed by atoms with Crippen molar-refractivity contribution in [1.82, 2.24) is 0 Å². The molecule has 0 aliphatic heterocycles. The predicted octanol–water partition coefficient (Wildman–Crippen LogP) is 3.29. The minimum Gasteiger partial charge on any atom is -0.399 e. The van der Waals surface area contributed by atoms with Crippen LogP contribution in [0.15, 0.2) is 18.2 Å². The first kappa shape index (κ1) is 12.5. The van der Waals surface area contributed by atoms with Gasteiger partial charge in [0.2, 0.25) is 0 Å².